The highest BCUT2D eigenvalue weighted by atomic mass is 19.4. The monoisotopic (exact) mass is 439 g/mol. The van der Waals surface area contributed by atoms with Crippen molar-refractivity contribution in [1.29, 1.82) is 0 Å². The van der Waals surface area contributed by atoms with E-state index in [2.05, 4.69) is 16.6 Å². The normalized spacial score (nSPS) is 12.9. The van der Waals surface area contributed by atoms with Gasteiger partial charge in [0.25, 0.3) is 5.91 Å². The van der Waals surface area contributed by atoms with Gasteiger partial charge in [-0.2, -0.15) is 26.3 Å². The van der Waals surface area contributed by atoms with Crippen LogP contribution < -0.4 is 5.32 Å². The van der Waals surface area contributed by atoms with Gasteiger partial charge < -0.3 is 10.1 Å². The van der Waals surface area contributed by atoms with Crippen LogP contribution in [0.25, 0.3) is 0 Å². The summed E-state index contributed by atoms with van der Waals surface area (Å²) in [5.41, 5.74) is -4.07. The van der Waals surface area contributed by atoms with Crippen LogP contribution in [-0.4, -0.2) is 25.0 Å². The summed E-state index contributed by atoms with van der Waals surface area (Å²) in [6.45, 7) is 3.60. The molecule has 0 bridgehead atoms. The van der Waals surface area contributed by atoms with Crippen molar-refractivity contribution in [2.24, 2.45) is 0 Å². The number of carbonyl (C=O) groups is 2. The van der Waals surface area contributed by atoms with E-state index >= 15 is 0 Å². The van der Waals surface area contributed by atoms with E-state index in [0.29, 0.717) is 18.6 Å². The molecule has 0 heterocycles. The van der Waals surface area contributed by atoms with Gasteiger partial charge in [0.05, 0.1) is 18.2 Å². The van der Waals surface area contributed by atoms with Crippen LogP contribution in [0.2, 0.25) is 0 Å². The average Bonchev–Trinajstić information content (AvgIpc) is 2.67. The lowest BCUT2D eigenvalue weighted by Gasteiger charge is -2.18. The molecular formula is C20H23F6NO3. The van der Waals surface area contributed by atoms with Crippen molar-refractivity contribution in [1.82, 2.24) is 5.32 Å². The molecule has 0 aliphatic rings. The van der Waals surface area contributed by atoms with Gasteiger partial charge in [-0.25, -0.2) is 4.79 Å². The molecule has 0 fully saturated rings. The molecule has 0 aromatic heterocycles. The number of carbonyl (C=O) groups excluding carboxylic acids is 2. The average molecular weight is 439 g/mol. The first-order valence-corrected chi connectivity index (χ1v) is 9.19. The number of alkyl halides is 6. The number of ether oxygens (including phenoxy) is 1. The molecule has 1 atom stereocenters. The summed E-state index contributed by atoms with van der Waals surface area (Å²) in [6, 6.07) is -0.633. The van der Waals surface area contributed by atoms with Crippen LogP contribution in [0.3, 0.4) is 0 Å². The van der Waals surface area contributed by atoms with Crippen molar-refractivity contribution in [3.8, 4) is 0 Å². The van der Waals surface area contributed by atoms with Crippen molar-refractivity contribution in [2.75, 3.05) is 7.11 Å². The maximum absolute atomic E-state index is 13.0. The molecular weight excluding hydrogens is 416 g/mol. The summed E-state index contributed by atoms with van der Waals surface area (Å²) in [5.74, 6) is -2.06. The molecule has 0 unspecified atom stereocenters. The largest absolute Gasteiger partial charge is 0.467 e. The van der Waals surface area contributed by atoms with Crippen LogP contribution in [0.1, 0.15) is 60.0 Å². The lowest BCUT2D eigenvalue weighted by Crippen LogP contribution is -2.41. The first-order chi connectivity index (χ1) is 13.9. The highest BCUT2D eigenvalue weighted by Crippen LogP contribution is 2.36. The number of hydrogen-bond acceptors (Lipinski definition) is 3. The Morgan fingerprint density at radius 3 is 2.00 bits per heavy atom. The van der Waals surface area contributed by atoms with E-state index in [0.717, 1.165) is 32.8 Å². The SMILES string of the molecule is C=CCCCCCC[C@@H](NC(=O)c1cc(C(F)(F)F)cc(C(F)(F)F)c1)C(=O)OC. The second kappa shape index (κ2) is 11.0. The lowest BCUT2D eigenvalue weighted by molar-refractivity contribution is -0.144. The molecule has 1 amide bonds. The van der Waals surface area contributed by atoms with Gasteiger partial charge in [0.15, 0.2) is 0 Å². The number of esters is 1. The Morgan fingerprint density at radius 2 is 1.53 bits per heavy atom. The number of nitrogens with one attached hydrogen (secondary N) is 1. The van der Waals surface area contributed by atoms with Crippen molar-refractivity contribution < 1.29 is 40.7 Å². The Morgan fingerprint density at radius 1 is 1.00 bits per heavy atom. The third-order valence-corrected chi connectivity index (χ3v) is 4.29. The molecule has 4 nitrogen and oxygen atoms in total. The van der Waals surface area contributed by atoms with Gasteiger partial charge in [0.1, 0.15) is 6.04 Å². The highest BCUT2D eigenvalue weighted by molar-refractivity contribution is 5.97. The summed E-state index contributed by atoms with van der Waals surface area (Å²) in [7, 11) is 1.07. The van der Waals surface area contributed by atoms with E-state index in [1.165, 1.54) is 0 Å². The van der Waals surface area contributed by atoms with Crippen LogP contribution in [0, 0.1) is 0 Å². The first-order valence-electron chi connectivity index (χ1n) is 9.19. The first kappa shape index (κ1) is 25.5. The number of benzene rings is 1. The summed E-state index contributed by atoms with van der Waals surface area (Å²) in [4.78, 5) is 24.2. The Labute approximate surface area is 170 Å². The fourth-order valence-corrected chi connectivity index (χ4v) is 2.71. The predicted molar refractivity (Wildman–Crippen MR) is 97.6 cm³/mol. The van der Waals surface area contributed by atoms with E-state index in [-0.39, 0.29) is 12.5 Å². The van der Waals surface area contributed by atoms with Crippen LogP contribution >= 0.6 is 0 Å². The van der Waals surface area contributed by atoms with Crippen molar-refractivity contribution >= 4 is 11.9 Å². The number of unbranched alkanes of at least 4 members (excludes halogenated alkanes) is 4. The van der Waals surface area contributed by atoms with Gasteiger partial charge in [-0.15, -0.1) is 6.58 Å². The minimum absolute atomic E-state index is 0.0716. The maximum atomic E-state index is 13.0. The Hall–Kier alpha value is -2.52. The summed E-state index contributed by atoms with van der Waals surface area (Å²) in [6.07, 6.45) is -4.47. The molecule has 1 rings (SSSR count). The highest BCUT2D eigenvalue weighted by Gasteiger charge is 2.37. The van der Waals surface area contributed by atoms with Gasteiger partial charge >= 0.3 is 18.3 Å². The second-order valence-electron chi connectivity index (χ2n) is 6.62. The van der Waals surface area contributed by atoms with Gasteiger partial charge in [-0.1, -0.05) is 25.3 Å². The van der Waals surface area contributed by atoms with Crippen molar-refractivity contribution in [2.45, 2.75) is 56.9 Å². The Bertz CT molecular complexity index is 711. The van der Waals surface area contributed by atoms with E-state index < -0.39 is 47.0 Å². The molecule has 0 spiro atoms. The zero-order valence-electron chi connectivity index (χ0n) is 16.3. The lowest BCUT2D eigenvalue weighted by atomic mass is 10.0. The number of allylic oxidation sites excluding steroid dienone is 1. The molecule has 0 aliphatic heterocycles. The van der Waals surface area contributed by atoms with E-state index in [9.17, 15) is 35.9 Å². The second-order valence-corrected chi connectivity index (χ2v) is 6.62. The fourth-order valence-electron chi connectivity index (χ4n) is 2.71. The van der Waals surface area contributed by atoms with E-state index in [1.807, 2.05) is 0 Å². The molecule has 0 aliphatic carbocycles. The maximum Gasteiger partial charge on any atom is 0.416 e. The number of amides is 1. The number of methoxy groups -OCH3 is 1. The molecule has 0 saturated carbocycles. The fraction of sp³-hybridized carbons (Fsp3) is 0.500. The minimum atomic E-state index is -5.08. The molecule has 0 saturated heterocycles. The Balaban J connectivity index is 2.99. The molecule has 30 heavy (non-hydrogen) atoms. The standard InChI is InChI=1S/C20H23F6NO3/c1-3-4-5-6-7-8-9-16(18(29)30-2)27-17(28)13-10-14(19(21,22)23)12-15(11-13)20(24,25)26/h3,10-12,16H,1,4-9H2,2H3,(H,27,28)/t16-/m1/s1. The van der Waals surface area contributed by atoms with Crippen LogP contribution in [-0.2, 0) is 21.9 Å². The topological polar surface area (TPSA) is 55.4 Å². The van der Waals surface area contributed by atoms with Crippen molar-refractivity contribution in [3.05, 3.63) is 47.5 Å². The quantitative estimate of drug-likeness (QED) is 0.226. The van der Waals surface area contributed by atoms with Gasteiger partial charge in [0, 0.05) is 5.56 Å². The third-order valence-electron chi connectivity index (χ3n) is 4.29. The zero-order chi connectivity index (χ0) is 22.9. The number of halogens is 6. The van der Waals surface area contributed by atoms with Gasteiger partial charge in [-0.3, -0.25) is 4.79 Å². The molecule has 10 heteroatoms. The molecule has 1 N–H and O–H groups in total. The molecule has 1 aromatic carbocycles. The van der Waals surface area contributed by atoms with E-state index in [4.69, 9.17) is 0 Å². The minimum Gasteiger partial charge on any atom is -0.467 e. The summed E-state index contributed by atoms with van der Waals surface area (Å²) in [5, 5.41) is 2.18. The summed E-state index contributed by atoms with van der Waals surface area (Å²) >= 11 is 0. The van der Waals surface area contributed by atoms with E-state index in [1.54, 1.807) is 6.08 Å². The zero-order valence-corrected chi connectivity index (χ0v) is 16.3. The van der Waals surface area contributed by atoms with Crippen LogP contribution in [0.4, 0.5) is 26.3 Å². The molecule has 1 aromatic rings. The van der Waals surface area contributed by atoms with Gasteiger partial charge in [-0.05, 0) is 37.5 Å². The number of hydrogen-bond donors (Lipinski definition) is 1. The van der Waals surface area contributed by atoms with Crippen LogP contribution in [0.15, 0.2) is 30.9 Å². The van der Waals surface area contributed by atoms with Crippen LogP contribution in [0.5, 0.6) is 0 Å². The van der Waals surface area contributed by atoms with Gasteiger partial charge in [0.2, 0.25) is 0 Å². The molecule has 168 valence electrons. The third kappa shape index (κ3) is 8.08. The van der Waals surface area contributed by atoms with Crippen molar-refractivity contribution in [3.63, 3.8) is 0 Å². The Kier molecular flexibility index (Phi) is 9.38. The molecule has 0 radical (unpaired) electrons. The summed E-state index contributed by atoms with van der Waals surface area (Å²) < 4.78 is 82.3. The number of rotatable bonds is 10. The predicted octanol–water partition coefficient (Wildman–Crippen LogP) is 5.52. The smallest absolute Gasteiger partial charge is 0.416 e.